The number of sulfonamides is 1. The molecule has 0 saturated heterocycles. The number of hydrogen-bond donors (Lipinski definition) is 2. The number of ether oxygens (including phenoxy) is 2. The van der Waals surface area contributed by atoms with E-state index in [-0.39, 0.29) is 9.47 Å². The van der Waals surface area contributed by atoms with Gasteiger partial charge in [0.25, 0.3) is 15.9 Å². The summed E-state index contributed by atoms with van der Waals surface area (Å²) in [5, 5.41) is 10.2. The van der Waals surface area contributed by atoms with E-state index < -0.39 is 22.0 Å². The lowest BCUT2D eigenvalue weighted by molar-refractivity contribution is 0.102. The van der Waals surface area contributed by atoms with Gasteiger partial charge < -0.3 is 9.47 Å². The minimum absolute atomic E-state index is 0.0911. The molecule has 3 rings (SSSR count). The fourth-order valence-corrected chi connectivity index (χ4v) is 5.04. The van der Waals surface area contributed by atoms with Crippen molar-refractivity contribution < 1.29 is 22.7 Å². The average molecular weight is 463 g/mol. The van der Waals surface area contributed by atoms with Crippen molar-refractivity contribution in [1.29, 1.82) is 0 Å². The highest BCUT2D eigenvalue weighted by Gasteiger charge is 2.25. The molecule has 0 aliphatic heterocycles. The molecule has 3 aromatic rings. The highest BCUT2D eigenvalue weighted by atomic mass is 32.2. The van der Waals surface area contributed by atoms with Crippen molar-refractivity contribution in [3.63, 3.8) is 0 Å². The Morgan fingerprint density at radius 2 is 1.77 bits per heavy atom. The Morgan fingerprint density at radius 1 is 1.06 bits per heavy atom. The topological polar surface area (TPSA) is 120 Å². The van der Waals surface area contributed by atoms with Gasteiger partial charge in [-0.2, -0.15) is 0 Å². The quantitative estimate of drug-likeness (QED) is 0.469. The van der Waals surface area contributed by atoms with Crippen molar-refractivity contribution in [1.82, 2.24) is 14.9 Å². The number of nitrogens with zero attached hydrogens (tertiary/aromatic N) is 2. The first kappa shape index (κ1) is 22.7. The van der Waals surface area contributed by atoms with Gasteiger partial charge in [-0.05, 0) is 36.2 Å². The zero-order chi connectivity index (χ0) is 22.4. The molecule has 0 radical (unpaired) electrons. The lowest BCUT2D eigenvalue weighted by Gasteiger charge is -2.18. The maximum atomic E-state index is 12.8. The van der Waals surface area contributed by atoms with Gasteiger partial charge in [-0.25, -0.2) is 13.1 Å². The van der Waals surface area contributed by atoms with Crippen LogP contribution in [-0.2, 0) is 10.0 Å². The number of hydrogen-bond acceptors (Lipinski definition) is 8. The van der Waals surface area contributed by atoms with Crippen molar-refractivity contribution in [2.75, 3.05) is 19.5 Å². The molecule has 9 nitrogen and oxygen atoms in total. The minimum atomic E-state index is -3.96. The zero-order valence-electron chi connectivity index (χ0n) is 17.2. The fraction of sp³-hybridized carbons (Fsp3) is 0.250. The summed E-state index contributed by atoms with van der Waals surface area (Å²) in [5.74, 6) is 0.650. The molecule has 1 amide bonds. The Bertz CT molecular complexity index is 1150. The molecule has 31 heavy (non-hydrogen) atoms. The summed E-state index contributed by atoms with van der Waals surface area (Å²) in [6, 6.07) is 13.2. The highest BCUT2D eigenvalue weighted by molar-refractivity contribution is 7.91. The van der Waals surface area contributed by atoms with Gasteiger partial charge in [0.05, 0.1) is 14.2 Å². The van der Waals surface area contributed by atoms with E-state index in [9.17, 15) is 13.2 Å². The average Bonchev–Trinajstić information content (AvgIpc) is 3.27. The number of carbonyl (C=O) groups excluding carboxylic acids is 1. The molecule has 1 aromatic heterocycles. The zero-order valence-corrected chi connectivity index (χ0v) is 18.8. The Hall–Kier alpha value is -3.02. The Balaban J connectivity index is 1.76. The number of rotatable bonds is 9. The number of aromatic nitrogens is 2. The molecule has 2 N–H and O–H groups in total. The lowest BCUT2D eigenvalue weighted by atomic mass is 10.1. The molecule has 2 aromatic carbocycles. The molecule has 1 atom stereocenters. The van der Waals surface area contributed by atoms with Crippen LogP contribution in [0.2, 0.25) is 0 Å². The van der Waals surface area contributed by atoms with Crippen LogP contribution in [0.4, 0.5) is 5.13 Å². The first-order valence-corrected chi connectivity index (χ1v) is 11.6. The summed E-state index contributed by atoms with van der Waals surface area (Å²) < 4.78 is 38.6. The van der Waals surface area contributed by atoms with Gasteiger partial charge in [0, 0.05) is 11.6 Å². The van der Waals surface area contributed by atoms with Crippen molar-refractivity contribution >= 4 is 32.4 Å². The van der Waals surface area contributed by atoms with Crippen LogP contribution in [0.5, 0.6) is 11.5 Å². The molecule has 164 valence electrons. The van der Waals surface area contributed by atoms with Gasteiger partial charge in [0.15, 0.2) is 11.5 Å². The molecule has 0 aliphatic rings. The van der Waals surface area contributed by atoms with Gasteiger partial charge >= 0.3 is 0 Å². The molecular formula is C20H22N4O5S2. The Labute approximate surface area is 184 Å². The standard InChI is InChI=1S/C20H22N4O5S2/c1-4-15(14-10-11-16(28-2)17(12-14)29-3)24-31(26,27)20-23-22-19(30-20)21-18(25)13-8-6-5-7-9-13/h5-12,15,24H,4H2,1-3H3,(H,21,22,25)/t15-/m1/s1. The summed E-state index contributed by atoms with van der Waals surface area (Å²) in [5.41, 5.74) is 1.14. The number of nitrogens with one attached hydrogen (secondary N) is 2. The van der Waals surface area contributed by atoms with E-state index in [0.717, 1.165) is 11.3 Å². The Kier molecular flexibility index (Phi) is 7.21. The summed E-state index contributed by atoms with van der Waals surface area (Å²) >= 11 is 0.775. The third-order valence-corrected chi connectivity index (χ3v) is 7.09. The molecule has 11 heteroatoms. The van der Waals surface area contributed by atoms with Gasteiger partial charge in [-0.3, -0.25) is 10.1 Å². The van der Waals surface area contributed by atoms with Crippen molar-refractivity contribution in [2.45, 2.75) is 23.7 Å². The second-order valence-electron chi connectivity index (χ2n) is 6.39. The van der Waals surface area contributed by atoms with E-state index in [0.29, 0.717) is 29.0 Å². The first-order valence-electron chi connectivity index (χ1n) is 9.32. The number of carbonyl (C=O) groups is 1. The second-order valence-corrected chi connectivity index (χ2v) is 9.26. The molecule has 0 bridgehead atoms. The van der Waals surface area contributed by atoms with Gasteiger partial charge in [0.2, 0.25) is 9.47 Å². The predicted octanol–water partition coefficient (Wildman–Crippen LogP) is 3.24. The number of anilines is 1. The maximum absolute atomic E-state index is 12.8. The second kappa shape index (κ2) is 9.86. The van der Waals surface area contributed by atoms with Crippen LogP contribution in [0.1, 0.15) is 35.3 Å². The van der Waals surface area contributed by atoms with E-state index in [2.05, 4.69) is 20.2 Å². The third-order valence-electron chi connectivity index (χ3n) is 4.41. The molecule has 0 unspecified atom stereocenters. The van der Waals surface area contributed by atoms with Crippen LogP contribution in [0.25, 0.3) is 0 Å². The smallest absolute Gasteiger partial charge is 0.270 e. The largest absolute Gasteiger partial charge is 0.493 e. The molecule has 0 saturated carbocycles. The summed E-state index contributed by atoms with van der Waals surface area (Å²) in [7, 11) is -0.921. The van der Waals surface area contributed by atoms with E-state index in [4.69, 9.17) is 9.47 Å². The number of methoxy groups -OCH3 is 2. The number of benzene rings is 2. The highest BCUT2D eigenvalue weighted by Crippen LogP contribution is 2.32. The van der Waals surface area contributed by atoms with Crippen molar-refractivity contribution in [3.8, 4) is 11.5 Å². The lowest BCUT2D eigenvalue weighted by Crippen LogP contribution is -2.28. The molecule has 0 fully saturated rings. The van der Waals surface area contributed by atoms with Crippen LogP contribution >= 0.6 is 11.3 Å². The van der Waals surface area contributed by atoms with Crippen LogP contribution in [0.15, 0.2) is 52.9 Å². The van der Waals surface area contributed by atoms with Crippen LogP contribution in [0.3, 0.4) is 0 Å². The maximum Gasteiger partial charge on any atom is 0.270 e. The van der Waals surface area contributed by atoms with E-state index >= 15 is 0 Å². The van der Waals surface area contributed by atoms with Crippen LogP contribution < -0.4 is 19.5 Å². The van der Waals surface area contributed by atoms with Crippen molar-refractivity contribution in [3.05, 3.63) is 59.7 Å². The van der Waals surface area contributed by atoms with Crippen molar-refractivity contribution in [2.24, 2.45) is 0 Å². The van der Waals surface area contributed by atoms with Gasteiger partial charge in [0.1, 0.15) is 0 Å². The summed E-state index contributed by atoms with van der Waals surface area (Å²) in [6.07, 6.45) is 0.491. The molecule has 0 spiro atoms. The molecule has 0 aliphatic carbocycles. The molecule has 1 heterocycles. The van der Waals surface area contributed by atoms with Gasteiger partial charge in [-0.15, -0.1) is 10.2 Å². The van der Waals surface area contributed by atoms with E-state index in [1.807, 2.05) is 6.92 Å². The van der Waals surface area contributed by atoms with Gasteiger partial charge in [-0.1, -0.05) is 42.5 Å². The first-order chi connectivity index (χ1) is 14.9. The monoisotopic (exact) mass is 462 g/mol. The Morgan fingerprint density at radius 3 is 2.42 bits per heavy atom. The normalized spacial score (nSPS) is 12.2. The minimum Gasteiger partial charge on any atom is -0.493 e. The van der Waals surface area contributed by atoms with Crippen LogP contribution in [-0.4, -0.2) is 38.7 Å². The SMILES string of the molecule is CC[C@@H](NS(=O)(=O)c1nnc(NC(=O)c2ccccc2)s1)c1ccc(OC)c(OC)c1. The predicted molar refractivity (Wildman–Crippen MR) is 117 cm³/mol. The fourth-order valence-electron chi connectivity index (χ4n) is 2.82. The third kappa shape index (κ3) is 5.37. The molecular weight excluding hydrogens is 440 g/mol. The van der Waals surface area contributed by atoms with E-state index in [1.54, 1.807) is 48.5 Å². The number of amides is 1. The van der Waals surface area contributed by atoms with Crippen LogP contribution in [0, 0.1) is 0 Å². The summed E-state index contributed by atoms with van der Waals surface area (Å²) in [4.78, 5) is 12.2. The summed E-state index contributed by atoms with van der Waals surface area (Å²) in [6.45, 7) is 1.86. The van der Waals surface area contributed by atoms with E-state index in [1.165, 1.54) is 14.2 Å².